The van der Waals surface area contributed by atoms with Crippen LogP contribution in [0, 0.1) is 0 Å². The third kappa shape index (κ3) is 6.96. The number of aromatic hydroxyl groups is 1. The van der Waals surface area contributed by atoms with Crippen LogP contribution in [0.15, 0.2) is 116 Å². The number of benzene rings is 4. The SMILES string of the molecule is Cn1c(-c2cc(C(C)(C)C)cc(C(C)(C)C)c2O)nc2c(-c3cc(-c4ccccc4)cc(-c4cc(-c5ccccc5)c([Si](C)(C)C)cn4)c3)nccc21. The largest absolute Gasteiger partial charge is 0.507 e. The van der Waals surface area contributed by atoms with E-state index < -0.39 is 8.07 Å². The van der Waals surface area contributed by atoms with Gasteiger partial charge in [-0.2, -0.15) is 0 Å². The number of nitrogens with zero attached hydrogens (tertiary/aromatic N) is 4. The number of phenols is 1. The molecule has 0 bridgehead atoms. The van der Waals surface area contributed by atoms with Crippen molar-refractivity contribution >= 4 is 24.3 Å². The highest BCUT2D eigenvalue weighted by Crippen LogP contribution is 2.43. The average Bonchev–Trinajstić information content (AvgIpc) is 3.46. The van der Waals surface area contributed by atoms with Gasteiger partial charge >= 0.3 is 0 Å². The predicted octanol–water partition coefficient (Wildman–Crippen LogP) is 11.5. The lowest BCUT2D eigenvalue weighted by molar-refractivity contribution is 0.446. The summed E-state index contributed by atoms with van der Waals surface area (Å²) in [7, 11) is 0.316. The molecule has 7 rings (SSSR count). The molecule has 0 aliphatic carbocycles. The van der Waals surface area contributed by atoms with Gasteiger partial charge in [-0.05, 0) is 80.2 Å². The summed E-state index contributed by atoms with van der Waals surface area (Å²) in [6.45, 7) is 20.2. The van der Waals surface area contributed by atoms with Gasteiger partial charge in [0.15, 0.2) is 0 Å². The Bertz CT molecular complexity index is 2460. The van der Waals surface area contributed by atoms with E-state index in [-0.39, 0.29) is 16.6 Å². The summed E-state index contributed by atoms with van der Waals surface area (Å²) in [5.74, 6) is 0.979. The first-order valence-corrected chi connectivity index (χ1v) is 22.0. The van der Waals surface area contributed by atoms with Crippen molar-refractivity contribution in [2.75, 3.05) is 0 Å². The molecule has 7 aromatic rings. The first kappa shape index (κ1) is 36.0. The Morgan fingerprint density at radius 1 is 0.623 bits per heavy atom. The van der Waals surface area contributed by atoms with E-state index in [9.17, 15) is 5.11 Å². The maximum absolute atomic E-state index is 11.8. The first-order valence-electron chi connectivity index (χ1n) is 18.5. The maximum Gasteiger partial charge on any atom is 0.144 e. The number of hydrogen-bond donors (Lipinski definition) is 1. The third-order valence-electron chi connectivity index (χ3n) is 10.2. The van der Waals surface area contributed by atoms with E-state index in [1.165, 1.54) is 16.3 Å². The Morgan fingerprint density at radius 3 is 1.87 bits per heavy atom. The second-order valence-electron chi connectivity index (χ2n) is 17.3. The molecule has 0 amide bonds. The van der Waals surface area contributed by atoms with E-state index in [0.29, 0.717) is 5.82 Å². The lowest BCUT2D eigenvalue weighted by atomic mass is 9.79. The Labute approximate surface area is 315 Å². The minimum absolute atomic E-state index is 0.115. The van der Waals surface area contributed by atoms with Gasteiger partial charge < -0.3 is 9.67 Å². The molecule has 0 radical (unpaired) electrons. The molecule has 0 atom stereocenters. The summed E-state index contributed by atoms with van der Waals surface area (Å²) in [6.07, 6.45) is 3.96. The molecule has 53 heavy (non-hydrogen) atoms. The molecule has 5 nitrogen and oxygen atoms in total. The maximum atomic E-state index is 11.8. The van der Waals surface area contributed by atoms with E-state index in [4.69, 9.17) is 15.0 Å². The van der Waals surface area contributed by atoms with E-state index in [0.717, 1.165) is 61.4 Å². The molecule has 1 N–H and O–H groups in total. The van der Waals surface area contributed by atoms with Gasteiger partial charge in [0.2, 0.25) is 0 Å². The molecule has 0 fully saturated rings. The fourth-order valence-corrected chi connectivity index (χ4v) is 8.63. The van der Waals surface area contributed by atoms with Gasteiger partial charge in [-0.25, -0.2) is 4.98 Å². The number of aromatic nitrogens is 4. The Balaban J connectivity index is 1.46. The van der Waals surface area contributed by atoms with Gasteiger partial charge in [0.1, 0.15) is 17.1 Å². The number of phenolic OH excluding ortho intramolecular Hbond substituents is 1. The fourth-order valence-electron chi connectivity index (χ4n) is 7.16. The van der Waals surface area contributed by atoms with Crippen molar-refractivity contribution in [3.63, 3.8) is 0 Å². The molecule has 0 aliphatic heterocycles. The van der Waals surface area contributed by atoms with Crippen LogP contribution >= 0.6 is 0 Å². The minimum Gasteiger partial charge on any atom is -0.507 e. The Kier molecular flexibility index (Phi) is 9.02. The topological polar surface area (TPSA) is 63.8 Å². The zero-order valence-corrected chi connectivity index (χ0v) is 33.7. The lowest BCUT2D eigenvalue weighted by Gasteiger charge is -2.27. The number of imidazole rings is 1. The van der Waals surface area contributed by atoms with Crippen molar-refractivity contribution in [3.8, 4) is 61.9 Å². The lowest BCUT2D eigenvalue weighted by Crippen LogP contribution is -2.39. The van der Waals surface area contributed by atoms with Gasteiger partial charge in [0.25, 0.3) is 0 Å². The van der Waals surface area contributed by atoms with Crippen LogP contribution in [0.4, 0.5) is 0 Å². The molecular weight excluding hydrogens is 665 g/mol. The van der Waals surface area contributed by atoms with Crippen LogP contribution in [0.3, 0.4) is 0 Å². The highest BCUT2D eigenvalue weighted by molar-refractivity contribution is 6.89. The van der Waals surface area contributed by atoms with Crippen LogP contribution in [0.25, 0.3) is 67.2 Å². The highest BCUT2D eigenvalue weighted by atomic mass is 28.3. The Hall–Kier alpha value is -5.33. The molecule has 4 aromatic carbocycles. The zero-order chi connectivity index (χ0) is 37.9. The van der Waals surface area contributed by atoms with Gasteiger partial charge in [0.05, 0.1) is 30.5 Å². The standard InChI is InChI=1S/C47H50N4OSi/c1-46(2,3)35-26-37(44(52)38(27-35)47(4,5)6)45-50-43-40(51(45)7)21-22-48-42(43)34-24-32(30-17-13-11-14-18-30)23-33(25-34)39-28-36(31-19-15-12-16-20-31)41(29-49-39)53(8,9)10/h11-29,52H,1-10H3. The summed E-state index contributed by atoms with van der Waals surface area (Å²) >= 11 is 0. The molecule has 0 saturated carbocycles. The van der Waals surface area contributed by atoms with Crippen LogP contribution in [-0.2, 0) is 17.9 Å². The van der Waals surface area contributed by atoms with Crippen LogP contribution < -0.4 is 5.19 Å². The van der Waals surface area contributed by atoms with Gasteiger partial charge in [-0.1, -0.05) is 128 Å². The average molecular weight is 715 g/mol. The van der Waals surface area contributed by atoms with Gasteiger partial charge in [-0.15, -0.1) is 0 Å². The van der Waals surface area contributed by atoms with Gasteiger partial charge in [0, 0.05) is 36.1 Å². The van der Waals surface area contributed by atoms with Crippen molar-refractivity contribution in [1.29, 1.82) is 0 Å². The smallest absolute Gasteiger partial charge is 0.144 e. The molecule has 3 heterocycles. The minimum atomic E-state index is -1.71. The molecule has 268 valence electrons. The normalized spacial score (nSPS) is 12.4. The second-order valence-corrected chi connectivity index (χ2v) is 22.4. The van der Waals surface area contributed by atoms with E-state index in [2.05, 4.69) is 163 Å². The van der Waals surface area contributed by atoms with Crippen molar-refractivity contribution in [2.24, 2.45) is 7.05 Å². The number of pyridine rings is 2. The molecule has 3 aromatic heterocycles. The number of rotatable bonds is 6. The van der Waals surface area contributed by atoms with E-state index in [1.807, 2.05) is 25.4 Å². The third-order valence-corrected chi connectivity index (χ3v) is 12.2. The monoisotopic (exact) mass is 714 g/mol. The van der Waals surface area contributed by atoms with Crippen LogP contribution in [0.1, 0.15) is 52.7 Å². The van der Waals surface area contributed by atoms with Crippen molar-refractivity contribution in [2.45, 2.75) is 72.0 Å². The molecular formula is C47H50N4OSi. The highest BCUT2D eigenvalue weighted by Gasteiger charge is 2.28. The predicted molar refractivity (Wildman–Crippen MR) is 226 cm³/mol. The summed E-state index contributed by atoms with van der Waals surface area (Å²) in [4.78, 5) is 15.4. The number of hydrogen-bond acceptors (Lipinski definition) is 4. The zero-order valence-electron chi connectivity index (χ0n) is 32.7. The second kappa shape index (κ2) is 13.3. The summed E-state index contributed by atoms with van der Waals surface area (Å²) < 4.78 is 2.08. The van der Waals surface area contributed by atoms with Crippen LogP contribution in [0.5, 0.6) is 5.75 Å². The molecule has 0 spiro atoms. The summed E-state index contributed by atoms with van der Waals surface area (Å²) in [6, 6.07) is 36.3. The van der Waals surface area contributed by atoms with Crippen LogP contribution in [0.2, 0.25) is 19.6 Å². The van der Waals surface area contributed by atoms with Crippen LogP contribution in [-0.4, -0.2) is 32.7 Å². The van der Waals surface area contributed by atoms with Crippen molar-refractivity contribution in [1.82, 2.24) is 19.5 Å². The molecule has 0 saturated heterocycles. The fraction of sp³-hybridized carbons (Fsp3) is 0.255. The molecule has 6 heteroatoms. The van der Waals surface area contributed by atoms with Crippen molar-refractivity contribution in [3.05, 3.63) is 127 Å². The summed E-state index contributed by atoms with van der Waals surface area (Å²) in [5, 5.41) is 13.2. The Morgan fingerprint density at radius 2 is 1.25 bits per heavy atom. The summed E-state index contributed by atoms with van der Waals surface area (Å²) in [5.41, 5.74) is 12.5. The quantitative estimate of drug-likeness (QED) is 0.174. The van der Waals surface area contributed by atoms with E-state index >= 15 is 0 Å². The molecule has 0 aliphatic rings. The van der Waals surface area contributed by atoms with Crippen molar-refractivity contribution < 1.29 is 5.11 Å². The number of fused-ring (bicyclic) bond motifs is 1. The first-order chi connectivity index (χ1) is 25.0. The van der Waals surface area contributed by atoms with Gasteiger partial charge in [-0.3, -0.25) is 9.97 Å². The number of aryl methyl sites for hydroxylation is 1. The van der Waals surface area contributed by atoms with E-state index in [1.54, 1.807) is 0 Å². The molecule has 0 unspecified atom stereocenters.